The summed E-state index contributed by atoms with van der Waals surface area (Å²) < 4.78 is 9.53. The molecular weight excluding hydrogens is 494 g/mol. The second-order valence-electron chi connectivity index (χ2n) is 9.19. The lowest BCUT2D eigenvalue weighted by molar-refractivity contribution is -0.127. The molecule has 39 heavy (non-hydrogen) atoms. The minimum Gasteiger partial charge on any atom is -0.457 e. The number of aryl methyl sites for hydroxylation is 1. The zero-order valence-electron chi connectivity index (χ0n) is 22.1. The van der Waals surface area contributed by atoms with Crippen molar-refractivity contribution in [3.8, 4) is 11.5 Å². The largest absolute Gasteiger partial charge is 0.457 e. The van der Waals surface area contributed by atoms with E-state index in [2.05, 4.69) is 43.7 Å². The van der Waals surface area contributed by atoms with Crippen LogP contribution in [0.1, 0.15) is 16.8 Å². The Balaban J connectivity index is 1.30. The molecule has 1 aromatic carbocycles. The third kappa shape index (κ3) is 5.58. The summed E-state index contributed by atoms with van der Waals surface area (Å²) in [5, 5.41) is 11.7. The number of amides is 1. The third-order valence-corrected chi connectivity index (χ3v) is 6.72. The average Bonchev–Trinajstić information content (AvgIpc) is 3.59. The van der Waals surface area contributed by atoms with Crippen LogP contribution >= 0.6 is 0 Å². The zero-order valence-corrected chi connectivity index (χ0v) is 22.1. The summed E-state index contributed by atoms with van der Waals surface area (Å²) in [5.41, 5.74) is 4.46. The number of hydrogen-bond acceptors (Lipinski definition) is 7. The molecule has 0 atom stereocenters. The Morgan fingerprint density at radius 3 is 2.69 bits per heavy atom. The SMILES string of the molecule is C=CC(=O)N1CCN(Cc2ccn(N=C)c2C(=NC)Nc2ccc(Oc3ccn4ncnc4c3)c(C)c2)CC1. The topological polar surface area (TPSA) is 105 Å². The quantitative estimate of drug-likeness (QED) is 0.215. The van der Waals surface area contributed by atoms with E-state index in [1.165, 1.54) is 12.4 Å². The average molecular weight is 526 g/mol. The second kappa shape index (κ2) is 11.3. The van der Waals surface area contributed by atoms with Crippen molar-refractivity contribution in [2.75, 3.05) is 38.5 Å². The van der Waals surface area contributed by atoms with Gasteiger partial charge in [0, 0.05) is 70.6 Å². The van der Waals surface area contributed by atoms with E-state index >= 15 is 0 Å². The van der Waals surface area contributed by atoms with Gasteiger partial charge in [0.2, 0.25) is 5.91 Å². The Bertz CT molecular complexity index is 1540. The molecule has 1 aliphatic rings. The highest BCUT2D eigenvalue weighted by atomic mass is 16.5. The van der Waals surface area contributed by atoms with Gasteiger partial charge in [0.1, 0.15) is 23.5 Å². The number of amidine groups is 1. The Kier molecular flexibility index (Phi) is 7.50. The summed E-state index contributed by atoms with van der Waals surface area (Å²) in [4.78, 5) is 24.8. The minimum absolute atomic E-state index is 0.0231. The van der Waals surface area contributed by atoms with Crippen molar-refractivity contribution in [2.45, 2.75) is 13.5 Å². The van der Waals surface area contributed by atoms with Gasteiger partial charge in [0.05, 0.1) is 0 Å². The molecule has 0 aliphatic carbocycles. The van der Waals surface area contributed by atoms with Crippen molar-refractivity contribution in [2.24, 2.45) is 10.1 Å². The maximum atomic E-state index is 11.9. The molecule has 11 nitrogen and oxygen atoms in total. The molecule has 200 valence electrons. The number of carbonyl (C=O) groups excluding carboxylic acids is 1. The highest BCUT2D eigenvalue weighted by molar-refractivity contribution is 6.08. The maximum absolute atomic E-state index is 11.9. The predicted molar refractivity (Wildman–Crippen MR) is 152 cm³/mol. The van der Waals surface area contributed by atoms with Crippen molar-refractivity contribution >= 4 is 29.8 Å². The van der Waals surface area contributed by atoms with Crippen molar-refractivity contribution < 1.29 is 9.53 Å². The first kappa shape index (κ1) is 25.9. The molecule has 5 rings (SSSR count). The minimum atomic E-state index is -0.0231. The smallest absolute Gasteiger partial charge is 0.246 e. The van der Waals surface area contributed by atoms with Crippen LogP contribution < -0.4 is 10.1 Å². The van der Waals surface area contributed by atoms with Gasteiger partial charge in [-0.15, -0.1) is 0 Å². The number of ether oxygens (including phenoxy) is 1. The summed E-state index contributed by atoms with van der Waals surface area (Å²) in [7, 11) is 1.75. The van der Waals surface area contributed by atoms with Crippen LogP contribution in [0.25, 0.3) is 5.65 Å². The van der Waals surface area contributed by atoms with Crippen LogP contribution in [-0.4, -0.2) is 80.8 Å². The molecule has 1 fully saturated rings. The molecule has 1 saturated heterocycles. The Labute approximate surface area is 226 Å². The molecule has 4 heterocycles. The van der Waals surface area contributed by atoms with E-state index in [9.17, 15) is 4.79 Å². The highest BCUT2D eigenvalue weighted by Gasteiger charge is 2.22. The lowest BCUT2D eigenvalue weighted by atomic mass is 10.1. The summed E-state index contributed by atoms with van der Waals surface area (Å²) in [5.74, 6) is 2.08. The van der Waals surface area contributed by atoms with E-state index in [1.807, 2.05) is 60.6 Å². The summed E-state index contributed by atoms with van der Waals surface area (Å²) >= 11 is 0. The first-order valence-corrected chi connectivity index (χ1v) is 12.6. The van der Waals surface area contributed by atoms with Crippen LogP contribution in [0.15, 0.2) is 77.9 Å². The van der Waals surface area contributed by atoms with E-state index in [1.54, 1.807) is 16.2 Å². The monoisotopic (exact) mass is 525 g/mol. The molecular formula is C28H31N9O2. The Hall–Kier alpha value is -4.77. The number of pyridine rings is 1. The Morgan fingerprint density at radius 2 is 1.97 bits per heavy atom. The van der Waals surface area contributed by atoms with Crippen LogP contribution in [0.2, 0.25) is 0 Å². The second-order valence-corrected chi connectivity index (χ2v) is 9.19. The number of anilines is 1. The van der Waals surface area contributed by atoms with Crippen LogP contribution in [0.3, 0.4) is 0 Å². The molecule has 0 bridgehead atoms. The fraction of sp³-hybridized carbons (Fsp3) is 0.250. The van der Waals surface area contributed by atoms with Crippen molar-refractivity contribution in [3.05, 3.63) is 84.6 Å². The van der Waals surface area contributed by atoms with Crippen molar-refractivity contribution in [1.29, 1.82) is 0 Å². The number of fused-ring (bicyclic) bond motifs is 1. The fourth-order valence-corrected chi connectivity index (χ4v) is 4.65. The van der Waals surface area contributed by atoms with E-state index in [-0.39, 0.29) is 5.91 Å². The number of aliphatic imine (C=N–C) groups is 1. The molecule has 0 spiro atoms. The summed E-state index contributed by atoms with van der Waals surface area (Å²) in [6.45, 7) is 12.9. The standard InChI is InChI=1S/C28H31N9O2/c1-5-26(38)35-14-12-34(13-15-35)18-21-8-10-37(30-4)27(21)28(29-3)33-22-6-7-24(20(2)16-22)39-23-9-11-36-25(17-23)31-19-32-36/h5-11,16-17,19H,1,4,12-15,18H2,2-3H3,(H,29,33). The van der Waals surface area contributed by atoms with Gasteiger partial charge in [-0.05, 0) is 54.5 Å². The number of carbonyl (C=O) groups is 1. The number of nitrogens with zero attached hydrogens (tertiary/aromatic N) is 8. The molecule has 0 radical (unpaired) electrons. The number of aromatic nitrogens is 4. The van der Waals surface area contributed by atoms with Crippen LogP contribution in [-0.2, 0) is 11.3 Å². The van der Waals surface area contributed by atoms with Gasteiger partial charge in [-0.3, -0.25) is 14.7 Å². The van der Waals surface area contributed by atoms with Crippen molar-refractivity contribution in [3.63, 3.8) is 0 Å². The van der Waals surface area contributed by atoms with Gasteiger partial charge < -0.3 is 15.0 Å². The molecule has 0 unspecified atom stereocenters. The fourth-order valence-electron chi connectivity index (χ4n) is 4.65. The van der Waals surface area contributed by atoms with E-state index in [0.717, 1.165) is 41.3 Å². The molecule has 0 saturated carbocycles. The van der Waals surface area contributed by atoms with Crippen LogP contribution in [0.4, 0.5) is 5.69 Å². The number of hydrogen-bond donors (Lipinski definition) is 1. The van der Waals surface area contributed by atoms with Crippen LogP contribution in [0.5, 0.6) is 11.5 Å². The number of piperazine rings is 1. The summed E-state index contributed by atoms with van der Waals surface area (Å²) in [6.07, 6.45) is 6.58. The van der Waals surface area contributed by atoms with E-state index < -0.39 is 0 Å². The predicted octanol–water partition coefficient (Wildman–Crippen LogP) is 3.41. The van der Waals surface area contributed by atoms with Gasteiger partial charge >= 0.3 is 0 Å². The zero-order chi connectivity index (χ0) is 27.4. The van der Waals surface area contributed by atoms with Gasteiger partial charge in [-0.2, -0.15) is 10.2 Å². The van der Waals surface area contributed by atoms with Crippen molar-refractivity contribution in [1.82, 2.24) is 29.1 Å². The van der Waals surface area contributed by atoms with E-state index in [0.29, 0.717) is 36.9 Å². The lowest BCUT2D eigenvalue weighted by Crippen LogP contribution is -2.47. The highest BCUT2D eigenvalue weighted by Crippen LogP contribution is 2.28. The van der Waals surface area contributed by atoms with Crippen LogP contribution in [0, 0.1) is 6.92 Å². The van der Waals surface area contributed by atoms with Gasteiger partial charge in [0.25, 0.3) is 0 Å². The number of nitrogens with one attached hydrogen (secondary N) is 1. The molecule has 11 heteroatoms. The molecule has 3 aromatic heterocycles. The number of rotatable bonds is 8. The first-order chi connectivity index (χ1) is 19.0. The third-order valence-electron chi connectivity index (χ3n) is 6.72. The first-order valence-electron chi connectivity index (χ1n) is 12.6. The van der Waals surface area contributed by atoms with Gasteiger partial charge in [-0.1, -0.05) is 6.58 Å². The molecule has 4 aromatic rings. The lowest BCUT2D eigenvalue weighted by Gasteiger charge is -2.34. The maximum Gasteiger partial charge on any atom is 0.246 e. The molecule has 1 aliphatic heterocycles. The summed E-state index contributed by atoms with van der Waals surface area (Å²) in [6, 6.07) is 11.6. The van der Waals surface area contributed by atoms with Gasteiger partial charge in [0.15, 0.2) is 11.5 Å². The Morgan fingerprint density at radius 1 is 1.15 bits per heavy atom. The normalized spacial score (nSPS) is 14.4. The number of benzene rings is 1. The van der Waals surface area contributed by atoms with Gasteiger partial charge in [-0.25, -0.2) is 14.2 Å². The van der Waals surface area contributed by atoms with E-state index in [4.69, 9.17) is 4.74 Å². The molecule has 1 amide bonds. The molecule has 1 N–H and O–H groups in total.